The molecular formula is C19H16Cl2N2O2. The fourth-order valence-electron chi connectivity index (χ4n) is 2.86. The highest BCUT2D eigenvalue weighted by atomic mass is 35.5. The van der Waals surface area contributed by atoms with Crippen molar-refractivity contribution in [2.75, 3.05) is 0 Å². The van der Waals surface area contributed by atoms with Crippen molar-refractivity contribution in [2.24, 2.45) is 0 Å². The lowest BCUT2D eigenvalue weighted by Gasteiger charge is -2.10. The maximum Gasteiger partial charge on any atom is 0.262 e. The van der Waals surface area contributed by atoms with E-state index in [0.29, 0.717) is 21.6 Å². The quantitative estimate of drug-likeness (QED) is 0.589. The van der Waals surface area contributed by atoms with Gasteiger partial charge in [-0.15, -0.1) is 0 Å². The second-order valence-corrected chi connectivity index (χ2v) is 6.77. The highest BCUT2D eigenvalue weighted by molar-refractivity contribution is 6.42. The molecular weight excluding hydrogens is 359 g/mol. The first kappa shape index (κ1) is 17.6. The van der Waals surface area contributed by atoms with Gasteiger partial charge in [-0.3, -0.25) is 4.79 Å². The summed E-state index contributed by atoms with van der Waals surface area (Å²) in [5.41, 5.74) is 0.796. The minimum absolute atomic E-state index is 0.0296. The van der Waals surface area contributed by atoms with Crippen LogP contribution in [0.3, 0.4) is 0 Å². The van der Waals surface area contributed by atoms with E-state index >= 15 is 0 Å². The SMILES string of the molecule is N#C/C(=C\c1ccc(-c2ccc(Cl)c(Cl)c2)o1)C(=O)NC1CCCC1. The third kappa shape index (κ3) is 4.25. The number of nitriles is 1. The highest BCUT2D eigenvalue weighted by Crippen LogP contribution is 2.30. The molecule has 1 aromatic heterocycles. The van der Waals surface area contributed by atoms with E-state index in [9.17, 15) is 10.1 Å². The van der Waals surface area contributed by atoms with E-state index in [1.807, 2.05) is 6.07 Å². The Hall–Kier alpha value is -2.22. The largest absolute Gasteiger partial charge is 0.457 e. The zero-order chi connectivity index (χ0) is 17.8. The van der Waals surface area contributed by atoms with Crippen molar-refractivity contribution in [3.63, 3.8) is 0 Å². The van der Waals surface area contributed by atoms with Crippen molar-refractivity contribution in [3.05, 3.63) is 51.7 Å². The van der Waals surface area contributed by atoms with Crippen molar-refractivity contribution in [1.82, 2.24) is 5.32 Å². The van der Waals surface area contributed by atoms with Gasteiger partial charge in [0.05, 0.1) is 10.0 Å². The van der Waals surface area contributed by atoms with Gasteiger partial charge in [0, 0.05) is 17.7 Å². The summed E-state index contributed by atoms with van der Waals surface area (Å²) in [4.78, 5) is 12.2. The number of rotatable bonds is 4. The summed E-state index contributed by atoms with van der Waals surface area (Å²) in [6, 6.07) is 10.7. The Balaban J connectivity index is 1.77. The molecule has 1 aromatic carbocycles. The molecule has 25 heavy (non-hydrogen) atoms. The molecule has 1 aliphatic carbocycles. The lowest BCUT2D eigenvalue weighted by Crippen LogP contribution is -2.33. The Morgan fingerprint density at radius 2 is 1.96 bits per heavy atom. The van der Waals surface area contributed by atoms with Gasteiger partial charge >= 0.3 is 0 Å². The molecule has 0 unspecified atom stereocenters. The molecule has 0 aliphatic heterocycles. The van der Waals surface area contributed by atoms with Crippen molar-refractivity contribution in [2.45, 2.75) is 31.7 Å². The van der Waals surface area contributed by atoms with Crippen LogP contribution in [0.15, 0.2) is 40.3 Å². The normalized spacial score (nSPS) is 15.2. The van der Waals surface area contributed by atoms with Crippen LogP contribution >= 0.6 is 23.2 Å². The summed E-state index contributed by atoms with van der Waals surface area (Å²) >= 11 is 11.9. The summed E-state index contributed by atoms with van der Waals surface area (Å²) in [5.74, 6) is 0.652. The second kappa shape index (κ2) is 7.77. The van der Waals surface area contributed by atoms with Crippen LogP contribution in [0.1, 0.15) is 31.4 Å². The van der Waals surface area contributed by atoms with Crippen LogP contribution in [0.2, 0.25) is 10.0 Å². The van der Waals surface area contributed by atoms with E-state index in [4.69, 9.17) is 27.6 Å². The molecule has 0 saturated heterocycles. The van der Waals surface area contributed by atoms with Crippen LogP contribution in [-0.2, 0) is 4.79 Å². The van der Waals surface area contributed by atoms with Crippen LogP contribution < -0.4 is 5.32 Å². The third-order valence-electron chi connectivity index (χ3n) is 4.17. The molecule has 0 bridgehead atoms. The van der Waals surface area contributed by atoms with Crippen molar-refractivity contribution >= 4 is 35.2 Å². The van der Waals surface area contributed by atoms with Gasteiger partial charge in [-0.05, 0) is 43.2 Å². The van der Waals surface area contributed by atoms with Gasteiger partial charge < -0.3 is 9.73 Å². The Bertz CT molecular complexity index is 859. The third-order valence-corrected chi connectivity index (χ3v) is 4.91. The molecule has 1 saturated carbocycles. The average molecular weight is 375 g/mol. The van der Waals surface area contributed by atoms with Gasteiger partial charge in [0.15, 0.2) is 0 Å². The van der Waals surface area contributed by atoms with E-state index in [-0.39, 0.29) is 17.5 Å². The van der Waals surface area contributed by atoms with Gasteiger partial charge in [-0.1, -0.05) is 36.0 Å². The molecule has 1 fully saturated rings. The van der Waals surface area contributed by atoms with Crippen LogP contribution in [0, 0.1) is 11.3 Å². The molecule has 1 N–H and O–H groups in total. The number of carbonyl (C=O) groups excluding carboxylic acids is 1. The topological polar surface area (TPSA) is 66.0 Å². The smallest absolute Gasteiger partial charge is 0.262 e. The molecule has 4 nitrogen and oxygen atoms in total. The molecule has 0 spiro atoms. The Morgan fingerprint density at radius 1 is 1.20 bits per heavy atom. The lowest BCUT2D eigenvalue weighted by molar-refractivity contribution is -0.117. The van der Waals surface area contributed by atoms with Crippen LogP contribution in [0.4, 0.5) is 0 Å². The molecule has 2 aromatic rings. The fraction of sp³-hybridized carbons (Fsp3) is 0.263. The van der Waals surface area contributed by atoms with Gasteiger partial charge in [0.1, 0.15) is 23.2 Å². The average Bonchev–Trinajstić information content (AvgIpc) is 3.27. The van der Waals surface area contributed by atoms with E-state index in [2.05, 4.69) is 5.32 Å². The zero-order valence-electron chi connectivity index (χ0n) is 13.4. The summed E-state index contributed by atoms with van der Waals surface area (Å²) in [6.07, 6.45) is 5.61. The number of amides is 1. The van der Waals surface area contributed by atoms with Gasteiger partial charge in [-0.2, -0.15) is 5.26 Å². The van der Waals surface area contributed by atoms with Gasteiger partial charge in [-0.25, -0.2) is 0 Å². The van der Waals surface area contributed by atoms with E-state index in [0.717, 1.165) is 31.2 Å². The number of nitrogens with one attached hydrogen (secondary N) is 1. The van der Waals surface area contributed by atoms with Gasteiger partial charge in [0.2, 0.25) is 0 Å². The van der Waals surface area contributed by atoms with Crippen LogP contribution in [0.25, 0.3) is 17.4 Å². The molecule has 1 aliphatic rings. The molecule has 128 valence electrons. The van der Waals surface area contributed by atoms with E-state index in [1.165, 1.54) is 6.08 Å². The zero-order valence-corrected chi connectivity index (χ0v) is 14.9. The predicted molar refractivity (Wildman–Crippen MR) is 98.2 cm³/mol. The summed E-state index contributed by atoms with van der Waals surface area (Å²) in [7, 11) is 0. The number of hydrogen-bond donors (Lipinski definition) is 1. The predicted octanol–water partition coefficient (Wildman–Crippen LogP) is 5.22. The molecule has 0 atom stereocenters. The number of furan rings is 1. The fourth-order valence-corrected chi connectivity index (χ4v) is 3.16. The Kier molecular flexibility index (Phi) is 5.47. The summed E-state index contributed by atoms with van der Waals surface area (Å²) in [5, 5.41) is 13.1. The van der Waals surface area contributed by atoms with E-state index in [1.54, 1.807) is 30.3 Å². The number of hydrogen-bond acceptors (Lipinski definition) is 3. The maximum absolute atomic E-state index is 12.2. The second-order valence-electron chi connectivity index (χ2n) is 5.96. The number of benzene rings is 1. The molecule has 3 rings (SSSR count). The standard InChI is InChI=1S/C19H16Cl2N2O2/c20-16-7-5-12(10-17(16)21)18-8-6-15(25-18)9-13(11-22)19(24)23-14-3-1-2-4-14/h5-10,14H,1-4H2,(H,23,24)/b13-9+. The Morgan fingerprint density at radius 3 is 2.64 bits per heavy atom. The number of nitrogens with zero attached hydrogens (tertiary/aromatic N) is 1. The number of halogens is 2. The maximum atomic E-state index is 12.2. The molecule has 1 heterocycles. The van der Waals surface area contributed by atoms with Crippen LogP contribution in [-0.4, -0.2) is 11.9 Å². The highest BCUT2D eigenvalue weighted by Gasteiger charge is 2.19. The first-order valence-electron chi connectivity index (χ1n) is 8.05. The van der Waals surface area contributed by atoms with Crippen molar-refractivity contribution < 1.29 is 9.21 Å². The minimum atomic E-state index is -0.359. The first-order chi connectivity index (χ1) is 12.1. The molecule has 0 radical (unpaired) electrons. The minimum Gasteiger partial charge on any atom is -0.457 e. The Labute approximate surface area is 156 Å². The van der Waals surface area contributed by atoms with Gasteiger partial charge in [0.25, 0.3) is 5.91 Å². The first-order valence-corrected chi connectivity index (χ1v) is 8.80. The summed E-state index contributed by atoms with van der Waals surface area (Å²) < 4.78 is 5.71. The van der Waals surface area contributed by atoms with Crippen molar-refractivity contribution in [1.29, 1.82) is 5.26 Å². The van der Waals surface area contributed by atoms with Crippen molar-refractivity contribution in [3.8, 4) is 17.4 Å². The van der Waals surface area contributed by atoms with E-state index < -0.39 is 0 Å². The monoisotopic (exact) mass is 374 g/mol. The van der Waals surface area contributed by atoms with Crippen LogP contribution in [0.5, 0.6) is 0 Å². The number of carbonyl (C=O) groups is 1. The summed E-state index contributed by atoms with van der Waals surface area (Å²) in [6.45, 7) is 0. The molecule has 6 heteroatoms. The molecule has 1 amide bonds. The lowest BCUT2D eigenvalue weighted by atomic mass is 10.2.